The number of rotatable bonds is 1. The highest BCUT2D eigenvalue weighted by atomic mass is 19.1. The monoisotopic (exact) mass is 236 g/mol. The van der Waals surface area contributed by atoms with Gasteiger partial charge >= 0.3 is 0 Å². The van der Waals surface area contributed by atoms with Gasteiger partial charge in [0, 0.05) is 12.5 Å². The van der Waals surface area contributed by atoms with E-state index in [1.165, 1.54) is 18.2 Å². The van der Waals surface area contributed by atoms with Crippen molar-refractivity contribution in [1.29, 1.82) is 0 Å². The van der Waals surface area contributed by atoms with Crippen molar-refractivity contribution in [3.05, 3.63) is 41.5 Å². The van der Waals surface area contributed by atoms with Crippen molar-refractivity contribution in [3.8, 4) is 0 Å². The Morgan fingerprint density at radius 3 is 2.18 bits per heavy atom. The Kier molecular flexibility index (Phi) is 2.86. The summed E-state index contributed by atoms with van der Waals surface area (Å²) in [4.78, 5) is 11.6. The van der Waals surface area contributed by atoms with Crippen LogP contribution in [0.2, 0.25) is 0 Å². The van der Waals surface area contributed by atoms with Crippen LogP contribution in [0.5, 0.6) is 0 Å². The normalized spacial score (nSPS) is 19.1. The second-order valence-electron chi connectivity index (χ2n) is 5.31. The van der Waals surface area contributed by atoms with Gasteiger partial charge in [-0.3, -0.25) is 4.79 Å². The molecule has 0 aliphatic heterocycles. The summed E-state index contributed by atoms with van der Waals surface area (Å²) in [5, 5.41) is 0. The molecule has 17 heavy (non-hydrogen) atoms. The molecule has 0 aromatic heterocycles. The van der Waals surface area contributed by atoms with Gasteiger partial charge in [-0.05, 0) is 41.2 Å². The van der Waals surface area contributed by atoms with Gasteiger partial charge in [0.05, 0.1) is 0 Å². The minimum absolute atomic E-state index is 0.0147. The molecule has 0 bridgehead atoms. The quantitative estimate of drug-likeness (QED) is 0.726. The molecule has 2 rings (SSSR count). The molecule has 0 unspecified atom stereocenters. The van der Waals surface area contributed by atoms with Gasteiger partial charge in [0.25, 0.3) is 0 Å². The van der Waals surface area contributed by atoms with Crippen molar-refractivity contribution in [3.63, 3.8) is 0 Å². The second kappa shape index (κ2) is 4.06. The number of benzene rings is 1. The van der Waals surface area contributed by atoms with E-state index in [0.717, 1.165) is 6.07 Å². The molecular formula is C14H14F2O. The molecule has 0 saturated heterocycles. The third-order valence-corrected chi connectivity index (χ3v) is 2.89. The summed E-state index contributed by atoms with van der Waals surface area (Å²) < 4.78 is 26.2. The van der Waals surface area contributed by atoms with Gasteiger partial charge in [-0.1, -0.05) is 13.8 Å². The first-order chi connectivity index (χ1) is 7.85. The molecule has 1 aromatic rings. The van der Waals surface area contributed by atoms with Crippen LogP contribution in [0.25, 0.3) is 5.57 Å². The van der Waals surface area contributed by atoms with E-state index in [4.69, 9.17) is 0 Å². The molecule has 3 heteroatoms. The van der Waals surface area contributed by atoms with Gasteiger partial charge in [0.1, 0.15) is 11.6 Å². The fourth-order valence-electron chi connectivity index (χ4n) is 2.27. The van der Waals surface area contributed by atoms with Crippen LogP contribution in [0.1, 0.15) is 32.3 Å². The number of halogens is 2. The maximum Gasteiger partial charge on any atom is 0.156 e. The zero-order valence-corrected chi connectivity index (χ0v) is 9.89. The van der Waals surface area contributed by atoms with Crippen LogP contribution in [0.4, 0.5) is 8.78 Å². The minimum Gasteiger partial charge on any atom is -0.295 e. The van der Waals surface area contributed by atoms with Gasteiger partial charge in [-0.25, -0.2) is 8.78 Å². The number of hydrogen-bond acceptors (Lipinski definition) is 1. The molecule has 0 atom stereocenters. The number of allylic oxidation sites excluding steroid dienone is 2. The summed E-state index contributed by atoms with van der Waals surface area (Å²) in [5.41, 5.74) is 1.03. The van der Waals surface area contributed by atoms with Crippen molar-refractivity contribution in [1.82, 2.24) is 0 Å². The van der Waals surface area contributed by atoms with Crippen LogP contribution >= 0.6 is 0 Å². The molecule has 0 heterocycles. The van der Waals surface area contributed by atoms with E-state index in [2.05, 4.69) is 0 Å². The summed E-state index contributed by atoms with van der Waals surface area (Å²) >= 11 is 0. The summed E-state index contributed by atoms with van der Waals surface area (Å²) in [6.45, 7) is 3.96. The summed E-state index contributed by atoms with van der Waals surface area (Å²) in [6.07, 6.45) is 2.63. The van der Waals surface area contributed by atoms with E-state index < -0.39 is 11.6 Å². The van der Waals surface area contributed by atoms with Gasteiger partial charge in [0.2, 0.25) is 0 Å². The number of carbonyl (C=O) groups is 1. The highest BCUT2D eigenvalue weighted by molar-refractivity contribution is 5.99. The third kappa shape index (κ3) is 2.78. The van der Waals surface area contributed by atoms with E-state index >= 15 is 0 Å². The fourth-order valence-corrected chi connectivity index (χ4v) is 2.27. The average molecular weight is 236 g/mol. The first-order valence-corrected chi connectivity index (χ1v) is 5.56. The van der Waals surface area contributed by atoms with Crippen LogP contribution in [0, 0.1) is 17.0 Å². The van der Waals surface area contributed by atoms with Gasteiger partial charge < -0.3 is 0 Å². The highest BCUT2D eigenvalue weighted by Crippen LogP contribution is 2.38. The predicted octanol–water partition coefficient (Wildman–Crippen LogP) is 3.74. The van der Waals surface area contributed by atoms with E-state index in [1.54, 1.807) is 0 Å². The number of hydrogen-bond donors (Lipinski definition) is 0. The Balaban J connectivity index is 2.43. The maximum atomic E-state index is 13.1. The Hall–Kier alpha value is -1.51. The maximum absolute atomic E-state index is 13.1. The van der Waals surface area contributed by atoms with Crippen molar-refractivity contribution in [2.75, 3.05) is 0 Å². The van der Waals surface area contributed by atoms with Gasteiger partial charge in [-0.15, -0.1) is 0 Å². The smallest absolute Gasteiger partial charge is 0.156 e. The lowest BCUT2D eigenvalue weighted by atomic mass is 9.75. The summed E-state index contributed by atoms with van der Waals surface area (Å²) in [5.74, 6) is -1.21. The van der Waals surface area contributed by atoms with Crippen molar-refractivity contribution >= 4 is 11.4 Å². The summed E-state index contributed by atoms with van der Waals surface area (Å²) in [7, 11) is 0. The zero-order chi connectivity index (χ0) is 12.6. The van der Waals surface area contributed by atoms with E-state index in [9.17, 15) is 13.6 Å². The standard InChI is InChI=1S/C14H14F2O/c1-14(2)7-10(5-13(17)8-14)9-3-11(15)6-12(16)4-9/h3-6H,7-8H2,1-2H3. The lowest BCUT2D eigenvalue weighted by Gasteiger charge is -2.29. The SMILES string of the molecule is CC1(C)CC(=O)C=C(c2cc(F)cc(F)c2)C1. The van der Waals surface area contributed by atoms with Gasteiger partial charge in [-0.2, -0.15) is 0 Å². The lowest BCUT2D eigenvalue weighted by Crippen LogP contribution is -2.21. The Morgan fingerprint density at radius 2 is 1.65 bits per heavy atom. The molecule has 1 aliphatic rings. The van der Waals surface area contributed by atoms with E-state index in [1.807, 2.05) is 13.8 Å². The molecule has 0 N–H and O–H groups in total. The molecule has 0 saturated carbocycles. The fraction of sp³-hybridized carbons (Fsp3) is 0.357. The zero-order valence-electron chi connectivity index (χ0n) is 9.89. The Morgan fingerprint density at radius 1 is 1.06 bits per heavy atom. The van der Waals surface area contributed by atoms with Crippen molar-refractivity contribution in [2.45, 2.75) is 26.7 Å². The molecule has 1 nitrogen and oxygen atoms in total. The van der Waals surface area contributed by atoms with Crippen LogP contribution < -0.4 is 0 Å². The molecule has 1 aromatic carbocycles. The average Bonchev–Trinajstić information content (AvgIpc) is 2.12. The molecule has 0 fully saturated rings. The molecule has 0 radical (unpaired) electrons. The highest BCUT2D eigenvalue weighted by Gasteiger charge is 2.28. The topological polar surface area (TPSA) is 17.1 Å². The van der Waals surface area contributed by atoms with E-state index in [0.29, 0.717) is 24.0 Å². The molecule has 90 valence electrons. The predicted molar refractivity (Wildman–Crippen MR) is 62.4 cm³/mol. The van der Waals surface area contributed by atoms with Crippen LogP contribution in [-0.4, -0.2) is 5.78 Å². The molecule has 0 spiro atoms. The van der Waals surface area contributed by atoms with Crippen LogP contribution in [-0.2, 0) is 4.79 Å². The van der Waals surface area contributed by atoms with Crippen molar-refractivity contribution in [2.24, 2.45) is 5.41 Å². The molecule has 1 aliphatic carbocycles. The van der Waals surface area contributed by atoms with E-state index in [-0.39, 0.29) is 11.2 Å². The number of carbonyl (C=O) groups excluding carboxylic acids is 1. The summed E-state index contributed by atoms with van der Waals surface area (Å²) in [6, 6.07) is 3.37. The number of ketones is 1. The molecule has 0 amide bonds. The minimum atomic E-state index is -0.614. The van der Waals surface area contributed by atoms with Crippen LogP contribution in [0.3, 0.4) is 0 Å². The third-order valence-electron chi connectivity index (χ3n) is 2.89. The Bertz CT molecular complexity index is 481. The van der Waals surface area contributed by atoms with Gasteiger partial charge in [0.15, 0.2) is 5.78 Å². The van der Waals surface area contributed by atoms with Crippen molar-refractivity contribution < 1.29 is 13.6 Å². The second-order valence-corrected chi connectivity index (χ2v) is 5.31. The Labute approximate surface area is 99.1 Å². The van der Waals surface area contributed by atoms with Crippen LogP contribution in [0.15, 0.2) is 24.3 Å². The lowest BCUT2D eigenvalue weighted by molar-refractivity contribution is -0.116. The first-order valence-electron chi connectivity index (χ1n) is 5.56. The first kappa shape index (κ1) is 12.0. The molecular weight excluding hydrogens is 222 g/mol. The largest absolute Gasteiger partial charge is 0.295 e.